The van der Waals surface area contributed by atoms with Crippen LogP contribution in [0.3, 0.4) is 0 Å². The summed E-state index contributed by atoms with van der Waals surface area (Å²) in [6.45, 7) is 5.13. The highest BCUT2D eigenvalue weighted by Gasteiger charge is 2.43. The number of primary amides is 1. The van der Waals surface area contributed by atoms with Gasteiger partial charge in [-0.25, -0.2) is 14.6 Å². The van der Waals surface area contributed by atoms with E-state index in [0.717, 1.165) is 0 Å². The molecule has 0 aliphatic carbocycles. The molecule has 5 N–H and O–H groups in total. The summed E-state index contributed by atoms with van der Waals surface area (Å²) in [6, 6.07) is -0.895. The van der Waals surface area contributed by atoms with E-state index >= 15 is 0 Å². The monoisotopic (exact) mass is 474 g/mol. The summed E-state index contributed by atoms with van der Waals surface area (Å²) in [5.74, 6) is -0.579. The van der Waals surface area contributed by atoms with Crippen LogP contribution in [0.2, 0.25) is 0 Å². The van der Waals surface area contributed by atoms with Crippen LogP contribution in [0.25, 0.3) is 0 Å². The molecule has 1 aromatic rings. The smallest absolute Gasteiger partial charge is 0.408 e. The van der Waals surface area contributed by atoms with Gasteiger partial charge in [-0.2, -0.15) is 11.8 Å². The van der Waals surface area contributed by atoms with Crippen molar-refractivity contribution in [1.29, 1.82) is 0 Å². The Bertz CT molecular complexity index is 811. The minimum Gasteiger partial charge on any atom is -0.467 e. The third-order valence-corrected chi connectivity index (χ3v) is 5.58. The number of carbonyl (C=O) groups is 3. The summed E-state index contributed by atoms with van der Waals surface area (Å²) in [4.78, 5) is 39.0. The van der Waals surface area contributed by atoms with Crippen molar-refractivity contribution in [3.8, 4) is 0 Å². The normalized spacial score (nSPS) is 24.1. The van der Waals surface area contributed by atoms with Gasteiger partial charge in [0.1, 0.15) is 29.5 Å². The molecule has 12 nitrogen and oxygen atoms in total. The number of amides is 2. The molecule has 0 aromatic carbocycles. The Morgan fingerprint density at radius 3 is 2.59 bits per heavy atom. The van der Waals surface area contributed by atoms with E-state index in [1.165, 1.54) is 36.0 Å². The van der Waals surface area contributed by atoms with Crippen LogP contribution >= 0.6 is 11.8 Å². The molecule has 13 heteroatoms. The fraction of sp³-hybridized carbons (Fsp3) is 0.684. The van der Waals surface area contributed by atoms with Crippen molar-refractivity contribution in [1.82, 2.24) is 14.9 Å². The maximum atomic E-state index is 12.0. The standard InChI is InChI=1S/C19H30N4O8S/c1-19(2,3)31-18(28)22-10(17(27)29-4)5-6-32-8-12-13(24)14(25)16(30-12)23-7-11(15(20)26)21-9-23/h7,9-10,12-14,16,24-25H,5-6,8H2,1-4H3,(H2,20,26)(H,22,28)/t10-,12+,13+,14+,16+/m0/s1. The van der Waals surface area contributed by atoms with Crippen molar-refractivity contribution >= 4 is 29.7 Å². The van der Waals surface area contributed by atoms with E-state index < -0.39 is 54.2 Å². The second kappa shape index (κ2) is 11.0. The molecule has 0 bridgehead atoms. The van der Waals surface area contributed by atoms with Gasteiger partial charge in [0.15, 0.2) is 6.23 Å². The number of hydrogen-bond acceptors (Lipinski definition) is 10. The first-order chi connectivity index (χ1) is 14.9. The maximum Gasteiger partial charge on any atom is 0.408 e. The summed E-state index contributed by atoms with van der Waals surface area (Å²) >= 11 is 1.37. The number of methoxy groups -OCH3 is 1. The first-order valence-electron chi connectivity index (χ1n) is 9.93. The Balaban J connectivity index is 1.86. The minimum absolute atomic E-state index is 0.0134. The lowest BCUT2D eigenvalue weighted by molar-refractivity contribution is -0.143. The highest BCUT2D eigenvalue weighted by molar-refractivity contribution is 7.99. The van der Waals surface area contributed by atoms with Crippen molar-refractivity contribution in [3.63, 3.8) is 0 Å². The van der Waals surface area contributed by atoms with Gasteiger partial charge in [-0.3, -0.25) is 4.79 Å². The second-order valence-electron chi connectivity index (χ2n) is 8.20. The number of hydrogen-bond donors (Lipinski definition) is 4. The zero-order valence-electron chi connectivity index (χ0n) is 18.4. The number of nitrogens with two attached hydrogens (primary N) is 1. The van der Waals surface area contributed by atoms with Gasteiger partial charge in [0.05, 0.1) is 19.5 Å². The van der Waals surface area contributed by atoms with Crippen molar-refractivity contribution in [3.05, 3.63) is 18.2 Å². The minimum atomic E-state index is -1.23. The lowest BCUT2D eigenvalue weighted by Crippen LogP contribution is -2.44. The molecule has 0 radical (unpaired) electrons. The Morgan fingerprint density at radius 2 is 2.03 bits per heavy atom. The molecule has 1 aliphatic rings. The SMILES string of the molecule is COC(=O)[C@H](CCSC[C@H]1O[C@@H](n2cnc(C(N)=O)c2)[C@H](O)[C@@H]1O)NC(=O)OC(C)(C)C. The lowest BCUT2D eigenvalue weighted by atomic mass is 10.1. The first-order valence-corrected chi connectivity index (χ1v) is 11.1. The molecule has 180 valence electrons. The third kappa shape index (κ3) is 7.08. The molecule has 1 aromatic heterocycles. The zero-order valence-corrected chi connectivity index (χ0v) is 19.2. The molecule has 0 saturated carbocycles. The number of nitrogens with zero attached hydrogens (tertiary/aromatic N) is 2. The van der Waals surface area contributed by atoms with Crippen LogP contribution in [-0.2, 0) is 19.0 Å². The quantitative estimate of drug-likeness (QED) is 0.277. The van der Waals surface area contributed by atoms with Crippen LogP contribution < -0.4 is 11.1 Å². The van der Waals surface area contributed by atoms with E-state index in [1.54, 1.807) is 20.8 Å². The van der Waals surface area contributed by atoms with Gasteiger partial charge in [-0.05, 0) is 32.9 Å². The molecule has 1 fully saturated rings. The van der Waals surface area contributed by atoms with Gasteiger partial charge in [0.25, 0.3) is 5.91 Å². The van der Waals surface area contributed by atoms with E-state index in [9.17, 15) is 24.6 Å². The van der Waals surface area contributed by atoms with Crippen LogP contribution in [0.15, 0.2) is 12.5 Å². The number of aliphatic hydroxyl groups excluding tert-OH is 2. The van der Waals surface area contributed by atoms with Crippen LogP contribution in [0.4, 0.5) is 4.79 Å². The molecule has 0 unspecified atom stereocenters. The van der Waals surface area contributed by atoms with Crippen molar-refractivity contribution in [2.24, 2.45) is 5.73 Å². The Hall–Kier alpha value is -2.35. The average molecular weight is 475 g/mol. The highest BCUT2D eigenvalue weighted by Crippen LogP contribution is 2.31. The number of aromatic nitrogens is 2. The van der Waals surface area contributed by atoms with Crippen LogP contribution in [0.1, 0.15) is 43.9 Å². The Morgan fingerprint density at radius 1 is 1.34 bits per heavy atom. The highest BCUT2D eigenvalue weighted by atomic mass is 32.2. The third-order valence-electron chi connectivity index (χ3n) is 4.49. The molecule has 0 spiro atoms. The van der Waals surface area contributed by atoms with Gasteiger partial charge >= 0.3 is 12.1 Å². The van der Waals surface area contributed by atoms with E-state index in [1.807, 2.05) is 0 Å². The molecule has 5 atom stereocenters. The number of thioether (sulfide) groups is 1. The van der Waals surface area contributed by atoms with E-state index in [-0.39, 0.29) is 12.1 Å². The lowest BCUT2D eigenvalue weighted by Gasteiger charge is -2.22. The van der Waals surface area contributed by atoms with Gasteiger partial charge in [0.2, 0.25) is 0 Å². The molecule has 2 rings (SSSR count). The second-order valence-corrected chi connectivity index (χ2v) is 9.35. The fourth-order valence-corrected chi connectivity index (χ4v) is 4.04. The molecular weight excluding hydrogens is 444 g/mol. The van der Waals surface area contributed by atoms with Gasteiger partial charge in [-0.1, -0.05) is 0 Å². The summed E-state index contributed by atoms with van der Waals surface area (Å²) in [6.07, 6.45) is -1.86. The molecule has 2 amide bonds. The number of nitrogens with one attached hydrogen (secondary N) is 1. The predicted octanol–water partition coefficient (Wildman–Crippen LogP) is -0.209. The van der Waals surface area contributed by atoms with E-state index in [2.05, 4.69) is 10.3 Å². The summed E-state index contributed by atoms with van der Waals surface area (Å²) in [7, 11) is 1.23. The predicted molar refractivity (Wildman–Crippen MR) is 114 cm³/mol. The van der Waals surface area contributed by atoms with E-state index in [0.29, 0.717) is 11.5 Å². The van der Waals surface area contributed by atoms with Crippen LogP contribution in [0, 0.1) is 0 Å². The topological polar surface area (TPSA) is 175 Å². The number of alkyl carbamates (subject to hydrolysis) is 1. The summed E-state index contributed by atoms with van der Waals surface area (Å²) in [5.41, 5.74) is 4.48. The molecule has 1 aliphatic heterocycles. The molecular formula is C19H30N4O8S. The van der Waals surface area contributed by atoms with E-state index in [4.69, 9.17) is 19.9 Å². The number of esters is 1. The summed E-state index contributed by atoms with van der Waals surface area (Å²) in [5, 5.41) is 23.1. The van der Waals surface area contributed by atoms with Crippen molar-refractivity contribution in [2.75, 3.05) is 18.6 Å². The fourth-order valence-electron chi connectivity index (χ4n) is 2.96. The average Bonchev–Trinajstić information content (AvgIpc) is 3.29. The Kier molecular flexibility index (Phi) is 8.89. The zero-order chi connectivity index (χ0) is 24.1. The number of carbonyl (C=O) groups excluding carboxylic acids is 3. The molecule has 1 saturated heterocycles. The van der Waals surface area contributed by atoms with Crippen LogP contribution in [-0.4, -0.2) is 86.3 Å². The van der Waals surface area contributed by atoms with Gasteiger partial charge < -0.3 is 40.0 Å². The van der Waals surface area contributed by atoms with Gasteiger partial charge in [0, 0.05) is 11.9 Å². The maximum absolute atomic E-state index is 12.0. The number of rotatable bonds is 9. The van der Waals surface area contributed by atoms with Crippen molar-refractivity contribution in [2.45, 2.75) is 63.4 Å². The number of ether oxygens (including phenoxy) is 3. The van der Waals surface area contributed by atoms with Crippen LogP contribution in [0.5, 0.6) is 0 Å². The number of aliphatic hydroxyl groups is 2. The molecule has 32 heavy (non-hydrogen) atoms. The van der Waals surface area contributed by atoms with Crippen molar-refractivity contribution < 1.29 is 38.8 Å². The largest absolute Gasteiger partial charge is 0.467 e. The number of imidazole rings is 1. The first kappa shape index (κ1) is 25.9. The van der Waals surface area contributed by atoms with Gasteiger partial charge in [-0.15, -0.1) is 0 Å². The summed E-state index contributed by atoms with van der Waals surface area (Å²) < 4.78 is 17.0. The molecule has 2 heterocycles. The Labute approximate surface area is 189 Å².